The number of amides is 1. The van der Waals surface area contributed by atoms with Crippen LogP contribution in [-0.2, 0) is 6.54 Å². The van der Waals surface area contributed by atoms with E-state index in [1.54, 1.807) is 26.2 Å². The molecule has 0 N–H and O–H groups in total. The number of carbonyl (C=O) groups excluding carboxylic acids is 1. The Bertz CT molecular complexity index is 995. The Kier molecular flexibility index (Phi) is 4.44. The van der Waals surface area contributed by atoms with E-state index in [0.717, 1.165) is 23.6 Å². The highest BCUT2D eigenvalue weighted by Gasteiger charge is 2.34. The minimum atomic E-state index is -0.305. The van der Waals surface area contributed by atoms with E-state index in [9.17, 15) is 9.18 Å². The molecule has 0 aliphatic carbocycles. The van der Waals surface area contributed by atoms with Gasteiger partial charge in [0.05, 0.1) is 7.11 Å². The van der Waals surface area contributed by atoms with Gasteiger partial charge in [0.15, 0.2) is 0 Å². The Balaban J connectivity index is 1.81. The van der Waals surface area contributed by atoms with E-state index in [-0.39, 0.29) is 17.8 Å². The average molecular weight is 364 g/mol. The van der Waals surface area contributed by atoms with E-state index in [1.165, 1.54) is 6.07 Å². The fraction of sp³-hybridized carbons (Fsp3) is 0.227. The van der Waals surface area contributed by atoms with E-state index in [0.29, 0.717) is 17.7 Å². The van der Waals surface area contributed by atoms with Gasteiger partial charge in [-0.25, -0.2) is 4.39 Å². The van der Waals surface area contributed by atoms with Crippen LogP contribution in [0.15, 0.2) is 60.8 Å². The molecule has 0 unspecified atom stereocenters. The highest BCUT2D eigenvalue weighted by Crippen LogP contribution is 2.38. The van der Waals surface area contributed by atoms with Crippen molar-refractivity contribution < 1.29 is 13.9 Å². The van der Waals surface area contributed by atoms with Gasteiger partial charge in [0.1, 0.15) is 17.6 Å². The van der Waals surface area contributed by atoms with Crippen molar-refractivity contribution >= 4 is 5.91 Å². The van der Waals surface area contributed by atoms with Gasteiger partial charge in [-0.1, -0.05) is 18.2 Å². The van der Waals surface area contributed by atoms with Crippen LogP contribution >= 0.6 is 0 Å². The van der Waals surface area contributed by atoms with Crippen LogP contribution in [-0.4, -0.2) is 29.0 Å². The number of para-hydroxylation sites is 1. The summed E-state index contributed by atoms with van der Waals surface area (Å²) in [6, 6.07) is 16.0. The van der Waals surface area contributed by atoms with Crippen molar-refractivity contribution in [1.82, 2.24) is 9.47 Å². The lowest BCUT2D eigenvalue weighted by Crippen LogP contribution is -2.42. The molecule has 0 saturated carbocycles. The molecule has 4 rings (SSSR count). The van der Waals surface area contributed by atoms with Gasteiger partial charge >= 0.3 is 0 Å². The van der Waals surface area contributed by atoms with Crippen LogP contribution in [0.2, 0.25) is 0 Å². The Labute approximate surface area is 157 Å². The molecule has 2 heterocycles. The number of carbonyl (C=O) groups is 1. The summed E-state index contributed by atoms with van der Waals surface area (Å²) < 4.78 is 21.4. The van der Waals surface area contributed by atoms with Crippen molar-refractivity contribution in [2.75, 3.05) is 13.7 Å². The predicted octanol–water partition coefficient (Wildman–Crippen LogP) is 4.19. The van der Waals surface area contributed by atoms with E-state index in [4.69, 9.17) is 4.74 Å². The summed E-state index contributed by atoms with van der Waals surface area (Å²) in [5.41, 5.74) is 2.94. The Morgan fingerprint density at radius 3 is 2.70 bits per heavy atom. The molecule has 138 valence electrons. The van der Waals surface area contributed by atoms with Crippen molar-refractivity contribution in [3.63, 3.8) is 0 Å². The predicted molar refractivity (Wildman–Crippen MR) is 101 cm³/mol. The zero-order chi connectivity index (χ0) is 19.0. The summed E-state index contributed by atoms with van der Waals surface area (Å²) in [5, 5.41) is 0. The van der Waals surface area contributed by atoms with Gasteiger partial charge in [-0.2, -0.15) is 0 Å². The molecule has 0 saturated heterocycles. The number of methoxy groups -OCH3 is 1. The molecule has 1 aliphatic rings. The third-order valence-electron chi connectivity index (χ3n) is 5.14. The monoisotopic (exact) mass is 364 g/mol. The van der Waals surface area contributed by atoms with Crippen molar-refractivity contribution in [1.29, 1.82) is 0 Å². The third-order valence-corrected chi connectivity index (χ3v) is 5.14. The lowest BCUT2D eigenvalue weighted by molar-refractivity contribution is 0.0662. The van der Waals surface area contributed by atoms with E-state index in [1.807, 2.05) is 47.5 Å². The summed E-state index contributed by atoms with van der Waals surface area (Å²) in [4.78, 5) is 15.2. The van der Waals surface area contributed by atoms with Gasteiger partial charge in [0.25, 0.3) is 5.91 Å². The van der Waals surface area contributed by atoms with Gasteiger partial charge in [0, 0.05) is 36.1 Å². The second-order valence-electron chi connectivity index (χ2n) is 6.73. The minimum absolute atomic E-state index is 0.110. The fourth-order valence-electron chi connectivity index (χ4n) is 3.77. The number of ether oxygens (including phenoxy) is 1. The molecule has 4 nitrogen and oxygen atoms in total. The van der Waals surface area contributed by atoms with Gasteiger partial charge < -0.3 is 14.2 Å². The number of halogens is 1. The van der Waals surface area contributed by atoms with Crippen LogP contribution in [0.4, 0.5) is 4.39 Å². The first-order valence-electron chi connectivity index (χ1n) is 8.95. The molecule has 1 aliphatic heterocycles. The zero-order valence-electron chi connectivity index (χ0n) is 15.4. The molecule has 3 aromatic rings. The van der Waals surface area contributed by atoms with E-state index in [2.05, 4.69) is 4.57 Å². The number of hydrogen-bond acceptors (Lipinski definition) is 2. The van der Waals surface area contributed by atoms with Gasteiger partial charge in [-0.05, 0) is 48.9 Å². The number of nitrogens with zero attached hydrogens (tertiary/aromatic N) is 2. The Morgan fingerprint density at radius 2 is 1.93 bits per heavy atom. The molecule has 0 radical (unpaired) electrons. The topological polar surface area (TPSA) is 34.5 Å². The lowest BCUT2D eigenvalue weighted by Gasteiger charge is -2.38. The van der Waals surface area contributed by atoms with Crippen molar-refractivity contribution in [2.24, 2.45) is 0 Å². The quantitative estimate of drug-likeness (QED) is 0.698. The maximum absolute atomic E-state index is 13.7. The fourth-order valence-corrected chi connectivity index (χ4v) is 3.77. The summed E-state index contributed by atoms with van der Waals surface area (Å²) in [5.74, 6) is 0.326. The summed E-state index contributed by atoms with van der Waals surface area (Å²) in [6.45, 7) is 2.96. The standard InChI is InChI=1S/C22H21FN2O2/c1-15-14-16(9-10-18(15)23)22(26)25-13-12-24-11-5-7-19(24)21(25)17-6-3-4-8-20(17)27-2/h3-11,14,21H,12-13H2,1-2H3/t21-/m1/s1. The molecule has 5 heteroatoms. The maximum Gasteiger partial charge on any atom is 0.254 e. The van der Waals surface area contributed by atoms with E-state index < -0.39 is 0 Å². The van der Waals surface area contributed by atoms with Gasteiger partial charge in [-0.15, -0.1) is 0 Å². The van der Waals surface area contributed by atoms with Crippen LogP contribution in [0.3, 0.4) is 0 Å². The molecule has 1 aromatic heterocycles. The molecular formula is C22H21FN2O2. The molecule has 27 heavy (non-hydrogen) atoms. The number of rotatable bonds is 3. The van der Waals surface area contributed by atoms with Gasteiger partial charge in [-0.3, -0.25) is 4.79 Å². The normalized spacial score (nSPS) is 16.1. The Hall–Kier alpha value is -3.08. The molecule has 0 spiro atoms. The largest absolute Gasteiger partial charge is 0.496 e. The molecule has 0 bridgehead atoms. The maximum atomic E-state index is 13.7. The number of fused-ring (bicyclic) bond motifs is 1. The van der Waals surface area contributed by atoms with Crippen LogP contribution in [0.5, 0.6) is 5.75 Å². The average Bonchev–Trinajstić information content (AvgIpc) is 3.17. The number of benzene rings is 2. The van der Waals surface area contributed by atoms with Crippen molar-refractivity contribution in [2.45, 2.75) is 19.5 Å². The molecular weight excluding hydrogens is 343 g/mol. The van der Waals surface area contributed by atoms with Crippen molar-refractivity contribution in [3.05, 3.63) is 89.0 Å². The summed E-state index contributed by atoms with van der Waals surface area (Å²) in [6.07, 6.45) is 2.03. The lowest BCUT2D eigenvalue weighted by atomic mass is 9.97. The molecule has 2 aromatic carbocycles. The number of hydrogen-bond donors (Lipinski definition) is 0. The van der Waals surface area contributed by atoms with Crippen molar-refractivity contribution in [3.8, 4) is 5.75 Å². The van der Waals surface area contributed by atoms with Gasteiger partial charge in [0.2, 0.25) is 0 Å². The summed E-state index contributed by atoms with van der Waals surface area (Å²) >= 11 is 0. The first kappa shape index (κ1) is 17.3. The molecule has 1 atom stereocenters. The number of aryl methyl sites for hydroxylation is 1. The molecule has 1 amide bonds. The summed E-state index contributed by atoms with van der Waals surface area (Å²) in [7, 11) is 1.64. The minimum Gasteiger partial charge on any atom is -0.496 e. The first-order valence-corrected chi connectivity index (χ1v) is 8.95. The highest BCUT2D eigenvalue weighted by molar-refractivity contribution is 5.95. The van der Waals surface area contributed by atoms with Crippen LogP contribution in [0.25, 0.3) is 0 Å². The van der Waals surface area contributed by atoms with Crippen LogP contribution in [0.1, 0.15) is 33.2 Å². The highest BCUT2D eigenvalue weighted by atomic mass is 19.1. The Morgan fingerprint density at radius 1 is 1.11 bits per heavy atom. The second-order valence-corrected chi connectivity index (χ2v) is 6.73. The smallest absolute Gasteiger partial charge is 0.254 e. The van der Waals surface area contributed by atoms with Crippen LogP contribution < -0.4 is 4.74 Å². The first-order chi connectivity index (χ1) is 13.1. The van der Waals surface area contributed by atoms with Crippen LogP contribution in [0, 0.1) is 12.7 Å². The molecule has 0 fully saturated rings. The third kappa shape index (κ3) is 2.99. The zero-order valence-corrected chi connectivity index (χ0v) is 15.4. The second kappa shape index (κ2) is 6.91. The number of aromatic nitrogens is 1. The van der Waals surface area contributed by atoms with E-state index >= 15 is 0 Å². The SMILES string of the molecule is COc1ccccc1[C@@H]1c2cccn2CCN1C(=O)c1ccc(F)c(C)c1.